The van der Waals surface area contributed by atoms with Crippen molar-refractivity contribution in [2.45, 2.75) is 25.7 Å². The lowest BCUT2D eigenvalue weighted by atomic mass is 9.97. The van der Waals surface area contributed by atoms with Crippen molar-refractivity contribution in [2.24, 2.45) is 17.8 Å². The van der Waals surface area contributed by atoms with E-state index in [-0.39, 0.29) is 18.4 Å². The number of hydrogen-bond donors (Lipinski definition) is 2. The van der Waals surface area contributed by atoms with Gasteiger partial charge in [-0.3, -0.25) is 0 Å². The summed E-state index contributed by atoms with van der Waals surface area (Å²) in [4.78, 5) is 1.72. The Morgan fingerprint density at radius 3 is 2.68 bits per heavy atom. The second-order valence-corrected chi connectivity index (χ2v) is 5.80. The van der Waals surface area contributed by atoms with Crippen LogP contribution < -0.4 is 5.32 Å². The van der Waals surface area contributed by atoms with E-state index in [9.17, 15) is 8.78 Å². The quantitative estimate of drug-likeness (QED) is 0.753. The topological polar surface area (TPSA) is 39.1 Å². The molecule has 1 saturated carbocycles. The van der Waals surface area contributed by atoms with Crippen molar-refractivity contribution in [3.05, 3.63) is 11.8 Å². The van der Waals surface area contributed by atoms with Crippen molar-refractivity contribution in [3.8, 4) is 0 Å². The molecular weight excluding hydrogens is 248 g/mol. The van der Waals surface area contributed by atoms with Crippen molar-refractivity contribution < 1.29 is 8.78 Å². The largest absolute Gasteiger partial charge is 0.391 e. The molecule has 2 N–H and O–H groups in total. The van der Waals surface area contributed by atoms with Crippen LogP contribution >= 0.6 is 0 Å². The fourth-order valence-corrected chi connectivity index (χ4v) is 3.13. The van der Waals surface area contributed by atoms with E-state index in [1.165, 1.54) is 0 Å². The maximum absolute atomic E-state index is 13.9. The van der Waals surface area contributed by atoms with Crippen LogP contribution in [0.15, 0.2) is 11.8 Å². The molecule has 2 aliphatic rings. The summed E-state index contributed by atoms with van der Waals surface area (Å²) in [6, 6.07) is 0. The van der Waals surface area contributed by atoms with Crippen LogP contribution in [-0.2, 0) is 0 Å². The number of halogens is 2. The number of hydrogen-bond acceptors (Lipinski definition) is 3. The van der Waals surface area contributed by atoms with Crippen molar-refractivity contribution in [3.63, 3.8) is 0 Å². The van der Waals surface area contributed by atoms with Gasteiger partial charge in [-0.05, 0) is 31.9 Å². The van der Waals surface area contributed by atoms with E-state index in [1.54, 1.807) is 11.9 Å². The summed E-state index contributed by atoms with van der Waals surface area (Å²) >= 11 is 0. The third kappa shape index (κ3) is 2.96. The lowest BCUT2D eigenvalue weighted by Gasteiger charge is -2.18. The van der Waals surface area contributed by atoms with Crippen LogP contribution in [0.4, 0.5) is 8.78 Å². The highest BCUT2D eigenvalue weighted by Crippen LogP contribution is 2.54. The Morgan fingerprint density at radius 2 is 2.21 bits per heavy atom. The molecule has 1 aliphatic carbocycles. The van der Waals surface area contributed by atoms with Gasteiger partial charge in [0, 0.05) is 36.8 Å². The summed E-state index contributed by atoms with van der Waals surface area (Å²) in [6.45, 7) is 2.29. The molecule has 5 heteroatoms. The number of likely N-dealkylation sites (tertiary alicyclic amines) is 1. The molecule has 2 rings (SSSR count). The predicted octanol–water partition coefficient (Wildman–Crippen LogP) is 2.35. The number of rotatable bonds is 5. The predicted molar refractivity (Wildman–Crippen MR) is 72.7 cm³/mol. The van der Waals surface area contributed by atoms with Crippen molar-refractivity contribution in [1.29, 1.82) is 5.41 Å². The first-order valence-electron chi connectivity index (χ1n) is 6.92. The smallest absolute Gasteiger partial charge is 0.264 e. The first-order chi connectivity index (χ1) is 8.89. The summed E-state index contributed by atoms with van der Waals surface area (Å²) in [5.74, 6) is -2.86. The maximum atomic E-state index is 13.9. The van der Waals surface area contributed by atoms with E-state index in [0.717, 1.165) is 12.1 Å². The molecule has 0 bridgehead atoms. The second kappa shape index (κ2) is 5.19. The number of allylic oxidation sites excluding steroid dienone is 2. The number of nitrogens with zero attached hydrogens (tertiary/aromatic N) is 1. The van der Waals surface area contributed by atoms with Crippen LogP contribution in [0.25, 0.3) is 0 Å². The lowest BCUT2D eigenvalue weighted by Crippen LogP contribution is -2.29. The van der Waals surface area contributed by atoms with Crippen LogP contribution in [0.3, 0.4) is 0 Å². The molecule has 0 amide bonds. The van der Waals surface area contributed by atoms with Gasteiger partial charge in [0.05, 0.1) is 6.54 Å². The molecule has 1 saturated heterocycles. The summed E-state index contributed by atoms with van der Waals surface area (Å²) < 4.78 is 27.8. The Labute approximate surface area is 113 Å². The fourth-order valence-electron chi connectivity index (χ4n) is 3.13. The zero-order chi connectivity index (χ0) is 14.2. The zero-order valence-electron chi connectivity index (χ0n) is 11.8. The van der Waals surface area contributed by atoms with E-state index in [4.69, 9.17) is 5.41 Å². The molecule has 0 aromatic carbocycles. The Bertz CT molecular complexity index is 392. The normalized spacial score (nSPS) is 34.4. The minimum Gasteiger partial charge on any atom is -0.391 e. The Hall–Kier alpha value is -0.970. The first kappa shape index (κ1) is 14.4. The van der Waals surface area contributed by atoms with E-state index < -0.39 is 11.8 Å². The molecular formula is C14H23F2N3. The summed E-state index contributed by atoms with van der Waals surface area (Å²) in [5, 5.41) is 10.8. The van der Waals surface area contributed by atoms with Crippen LogP contribution in [0.5, 0.6) is 0 Å². The lowest BCUT2D eigenvalue weighted by molar-refractivity contribution is -0.0342. The summed E-state index contributed by atoms with van der Waals surface area (Å²) in [7, 11) is 3.57. The molecule has 1 aliphatic heterocycles. The molecule has 108 valence electrons. The average molecular weight is 271 g/mol. The Kier molecular flexibility index (Phi) is 3.95. The van der Waals surface area contributed by atoms with E-state index >= 15 is 0 Å². The minimum atomic E-state index is -2.56. The van der Waals surface area contributed by atoms with E-state index in [0.29, 0.717) is 18.7 Å². The van der Waals surface area contributed by atoms with E-state index in [1.807, 2.05) is 20.0 Å². The molecule has 0 radical (unpaired) electrons. The standard InChI is InChI=1S/C14H23F2N3/c1-4-9(17)5-13(18-2)11-6-10(11)12-7-19(3)8-14(12,15)16/h5,10-12,17-18H,4,6-8H2,1-3H3. The van der Waals surface area contributed by atoms with Crippen molar-refractivity contribution in [1.82, 2.24) is 10.2 Å². The Balaban J connectivity index is 2.04. The van der Waals surface area contributed by atoms with Gasteiger partial charge in [0.25, 0.3) is 5.92 Å². The molecule has 2 fully saturated rings. The fraction of sp³-hybridized carbons (Fsp3) is 0.786. The molecule has 1 heterocycles. The van der Waals surface area contributed by atoms with Crippen LogP contribution in [-0.4, -0.2) is 43.7 Å². The third-order valence-corrected chi connectivity index (χ3v) is 4.29. The van der Waals surface area contributed by atoms with Crippen LogP contribution in [0.2, 0.25) is 0 Å². The van der Waals surface area contributed by atoms with Gasteiger partial charge in [0.15, 0.2) is 0 Å². The SMILES string of the molecule is CCC(=N)C=C(NC)C1CC1C1CN(C)CC1(F)F. The van der Waals surface area contributed by atoms with Gasteiger partial charge >= 0.3 is 0 Å². The third-order valence-electron chi connectivity index (χ3n) is 4.29. The molecule has 0 aromatic rings. The maximum Gasteiger partial charge on any atom is 0.264 e. The first-order valence-corrected chi connectivity index (χ1v) is 6.92. The highest BCUT2D eigenvalue weighted by molar-refractivity contribution is 5.92. The zero-order valence-corrected chi connectivity index (χ0v) is 11.8. The van der Waals surface area contributed by atoms with Gasteiger partial charge in [-0.25, -0.2) is 8.78 Å². The minimum absolute atomic E-state index is 0.0586. The van der Waals surface area contributed by atoms with Crippen molar-refractivity contribution in [2.75, 3.05) is 27.2 Å². The van der Waals surface area contributed by atoms with Gasteiger partial charge in [-0.1, -0.05) is 6.92 Å². The molecule has 3 atom stereocenters. The van der Waals surface area contributed by atoms with Gasteiger partial charge in [0.1, 0.15) is 0 Å². The number of nitrogens with one attached hydrogen (secondary N) is 2. The monoisotopic (exact) mass is 271 g/mol. The van der Waals surface area contributed by atoms with E-state index in [2.05, 4.69) is 5.32 Å². The average Bonchev–Trinajstić information content (AvgIpc) is 3.06. The molecule has 19 heavy (non-hydrogen) atoms. The molecule has 0 aromatic heterocycles. The highest BCUT2D eigenvalue weighted by Gasteiger charge is 2.58. The second-order valence-electron chi connectivity index (χ2n) is 5.80. The Morgan fingerprint density at radius 1 is 1.53 bits per heavy atom. The summed E-state index contributed by atoms with van der Waals surface area (Å²) in [5.41, 5.74) is 1.49. The molecule has 3 unspecified atom stereocenters. The highest BCUT2D eigenvalue weighted by atomic mass is 19.3. The van der Waals surface area contributed by atoms with Gasteiger partial charge < -0.3 is 15.6 Å². The molecule has 3 nitrogen and oxygen atoms in total. The van der Waals surface area contributed by atoms with Crippen LogP contribution in [0.1, 0.15) is 19.8 Å². The van der Waals surface area contributed by atoms with Gasteiger partial charge in [-0.2, -0.15) is 0 Å². The summed E-state index contributed by atoms with van der Waals surface area (Å²) in [6.07, 6.45) is 3.30. The van der Waals surface area contributed by atoms with Crippen molar-refractivity contribution >= 4 is 5.71 Å². The molecule has 0 spiro atoms. The number of alkyl halides is 2. The van der Waals surface area contributed by atoms with Gasteiger partial charge in [-0.15, -0.1) is 0 Å². The van der Waals surface area contributed by atoms with Crippen LogP contribution in [0, 0.1) is 23.2 Å². The van der Waals surface area contributed by atoms with Gasteiger partial charge in [0.2, 0.25) is 0 Å².